The summed E-state index contributed by atoms with van der Waals surface area (Å²) < 4.78 is 49.2. The first-order valence-electron chi connectivity index (χ1n) is 8.53. The molecular formula is C20H19BrF3NO2. The molecule has 0 N–H and O–H groups in total. The molecule has 1 heterocycles. The van der Waals surface area contributed by atoms with Crippen molar-refractivity contribution in [2.24, 2.45) is 0 Å². The van der Waals surface area contributed by atoms with Crippen LogP contribution in [0.2, 0.25) is 0 Å². The summed E-state index contributed by atoms with van der Waals surface area (Å²) in [7, 11) is 0. The van der Waals surface area contributed by atoms with Crippen LogP contribution in [0.15, 0.2) is 34.8 Å². The van der Waals surface area contributed by atoms with E-state index in [0.717, 1.165) is 11.0 Å². The molecule has 27 heavy (non-hydrogen) atoms. The summed E-state index contributed by atoms with van der Waals surface area (Å²) in [6.45, 7) is 5.02. The third kappa shape index (κ3) is 3.83. The van der Waals surface area contributed by atoms with Crippen LogP contribution in [0.1, 0.15) is 44.4 Å². The molecule has 1 aliphatic heterocycles. The molecule has 0 bridgehead atoms. The number of anilines is 1. The summed E-state index contributed by atoms with van der Waals surface area (Å²) in [5.41, 5.74) is -0.750. The Hall–Kier alpha value is -2.02. The first-order valence-corrected chi connectivity index (χ1v) is 9.32. The fourth-order valence-electron chi connectivity index (χ4n) is 3.26. The fraction of sp³-hybridized carbons (Fsp3) is 0.350. The Bertz CT molecular complexity index is 896. The summed E-state index contributed by atoms with van der Waals surface area (Å²) in [5, 5.41) is 0. The van der Waals surface area contributed by atoms with Crippen LogP contribution in [-0.2, 0) is 11.2 Å². The Kier molecular flexibility index (Phi) is 5.25. The molecule has 1 aliphatic rings. The van der Waals surface area contributed by atoms with Gasteiger partial charge in [0.1, 0.15) is 23.1 Å². The lowest BCUT2D eigenvalue weighted by Crippen LogP contribution is -2.43. The molecule has 0 fully saturated rings. The van der Waals surface area contributed by atoms with E-state index in [-0.39, 0.29) is 34.1 Å². The van der Waals surface area contributed by atoms with Gasteiger partial charge in [0.15, 0.2) is 0 Å². The molecule has 0 spiro atoms. The first kappa shape index (κ1) is 19.7. The van der Waals surface area contributed by atoms with E-state index in [1.54, 1.807) is 26.8 Å². The Labute approximate surface area is 164 Å². The normalized spacial score (nSPS) is 16.9. The van der Waals surface area contributed by atoms with Gasteiger partial charge in [-0.15, -0.1) is 0 Å². The van der Waals surface area contributed by atoms with Crippen molar-refractivity contribution < 1.29 is 22.7 Å². The summed E-state index contributed by atoms with van der Waals surface area (Å²) in [4.78, 5) is 13.9. The molecule has 0 aromatic heterocycles. The highest BCUT2D eigenvalue weighted by molar-refractivity contribution is 9.10. The lowest BCUT2D eigenvalue weighted by Gasteiger charge is -2.38. The lowest BCUT2D eigenvalue weighted by atomic mass is 9.90. The number of hydrogen-bond acceptors (Lipinski definition) is 2. The van der Waals surface area contributed by atoms with Crippen LogP contribution in [0.5, 0.6) is 0 Å². The highest BCUT2D eigenvalue weighted by atomic mass is 79.9. The predicted octanol–water partition coefficient (Wildman–Crippen LogP) is 6.30. The Balaban J connectivity index is 2.18. The second kappa shape index (κ2) is 7.19. The highest BCUT2D eigenvalue weighted by Gasteiger charge is 2.39. The van der Waals surface area contributed by atoms with Gasteiger partial charge in [0.05, 0.1) is 16.2 Å². The van der Waals surface area contributed by atoms with E-state index in [1.807, 2.05) is 0 Å². The van der Waals surface area contributed by atoms with Gasteiger partial charge in [-0.1, -0.05) is 18.2 Å². The van der Waals surface area contributed by atoms with Gasteiger partial charge < -0.3 is 4.74 Å². The number of benzene rings is 2. The summed E-state index contributed by atoms with van der Waals surface area (Å²) >= 11 is 2.99. The van der Waals surface area contributed by atoms with E-state index in [4.69, 9.17) is 4.74 Å². The van der Waals surface area contributed by atoms with Gasteiger partial charge in [-0.25, -0.2) is 18.0 Å². The Morgan fingerprint density at radius 3 is 2.48 bits per heavy atom. The maximum absolute atomic E-state index is 14.8. The standard InChI is InChI=1S/C20H19BrF3NO2/c1-20(2,3)27-19(26)25-16(11-6-4-5-7-14(11)22)9-8-12-17(24)13(21)10-15(23)18(12)25/h4-7,10,16H,8-9H2,1-3H3. The molecule has 0 saturated carbocycles. The molecule has 0 radical (unpaired) electrons. The van der Waals surface area contributed by atoms with Crippen molar-refractivity contribution in [3.05, 3.63) is 63.4 Å². The van der Waals surface area contributed by atoms with Crippen LogP contribution in [0.4, 0.5) is 23.7 Å². The largest absolute Gasteiger partial charge is 0.443 e. The molecule has 2 aromatic rings. The summed E-state index contributed by atoms with van der Waals surface area (Å²) in [5.74, 6) is -1.92. The third-order valence-corrected chi connectivity index (χ3v) is 4.89. The molecule has 0 saturated heterocycles. The van der Waals surface area contributed by atoms with Crippen molar-refractivity contribution in [3.8, 4) is 0 Å². The van der Waals surface area contributed by atoms with E-state index in [1.165, 1.54) is 18.2 Å². The number of carbonyl (C=O) groups excluding carboxylic acids is 1. The van der Waals surface area contributed by atoms with Gasteiger partial charge >= 0.3 is 6.09 Å². The van der Waals surface area contributed by atoms with Gasteiger partial charge in [0, 0.05) is 11.1 Å². The summed E-state index contributed by atoms with van der Waals surface area (Å²) in [6.07, 6.45) is -0.451. The first-order chi connectivity index (χ1) is 12.6. The Morgan fingerprint density at radius 1 is 1.19 bits per heavy atom. The zero-order valence-corrected chi connectivity index (χ0v) is 16.7. The Morgan fingerprint density at radius 2 is 1.85 bits per heavy atom. The van der Waals surface area contributed by atoms with Crippen LogP contribution >= 0.6 is 15.9 Å². The van der Waals surface area contributed by atoms with Crippen molar-refractivity contribution in [2.45, 2.75) is 45.3 Å². The van der Waals surface area contributed by atoms with Gasteiger partial charge in [-0.2, -0.15) is 0 Å². The highest BCUT2D eigenvalue weighted by Crippen LogP contribution is 2.44. The number of hydrogen-bond donors (Lipinski definition) is 0. The third-order valence-electron chi connectivity index (χ3n) is 4.31. The second-order valence-electron chi connectivity index (χ2n) is 7.41. The minimum absolute atomic E-state index is 0.0211. The van der Waals surface area contributed by atoms with E-state index in [0.29, 0.717) is 0 Å². The van der Waals surface area contributed by atoms with Gasteiger partial charge in [0.25, 0.3) is 0 Å². The molecule has 7 heteroatoms. The maximum Gasteiger partial charge on any atom is 0.415 e. The predicted molar refractivity (Wildman–Crippen MR) is 100 cm³/mol. The van der Waals surface area contributed by atoms with Crippen LogP contribution in [0, 0.1) is 17.5 Å². The molecule has 2 aromatic carbocycles. The van der Waals surface area contributed by atoms with Crippen LogP contribution in [0.3, 0.4) is 0 Å². The van der Waals surface area contributed by atoms with E-state index in [9.17, 15) is 18.0 Å². The van der Waals surface area contributed by atoms with Crippen molar-refractivity contribution in [3.63, 3.8) is 0 Å². The zero-order chi connectivity index (χ0) is 19.9. The number of carbonyl (C=O) groups is 1. The molecular weight excluding hydrogens is 423 g/mol. The van der Waals surface area contributed by atoms with Crippen molar-refractivity contribution in [2.75, 3.05) is 4.90 Å². The maximum atomic E-state index is 14.8. The average Bonchev–Trinajstić information content (AvgIpc) is 2.57. The number of nitrogens with zero attached hydrogens (tertiary/aromatic N) is 1. The number of amides is 1. The van der Waals surface area contributed by atoms with Crippen LogP contribution in [-0.4, -0.2) is 11.7 Å². The van der Waals surface area contributed by atoms with Gasteiger partial charge in [-0.05, 0) is 61.7 Å². The van der Waals surface area contributed by atoms with E-state index in [2.05, 4.69) is 15.9 Å². The topological polar surface area (TPSA) is 29.5 Å². The van der Waals surface area contributed by atoms with Gasteiger partial charge in [0.2, 0.25) is 0 Å². The number of ether oxygens (including phenoxy) is 1. The molecule has 3 rings (SSSR count). The molecule has 1 unspecified atom stereocenters. The number of fused-ring (bicyclic) bond motifs is 1. The molecule has 144 valence electrons. The average molecular weight is 442 g/mol. The van der Waals surface area contributed by atoms with E-state index >= 15 is 0 Å². The zero-order valence-electron chi connectivity index (χ0n) is 15.2. The summed E-state index contributed by atoms with van der Waals surface area (Å²) in [6, 6.07) is 6.15. The van der Waals surface area contributed by atoms with Crippen molar-refractivity contribution >= 4 is 27.7 Å². The number of rotatable bonds is 1. The molecule has 3 nitrogen and oxygen atoms in total. The van der Waals surface area contributed by atoms with Crippen LogP contribution < -0.4 is 4.90 Å². The monoisotopic (exact) mass is 441 g/mol. The molecule has 1 atom stereocenters. The van der Waals surface area contributed by atoms with Crippen LogP contribution in [0.25, 0.3) is 0 Å². The quantitative estimate of drug-likeness (QED) is 0.486. The van der Waals surface area contributed by atoms with Crippen molar-refractivity contribution in [1.29, 1.82) is 0 Å². The minimum atomic E-state index is -0.850. The van der Waals surface area contributed by atoms with Crippen molar-refractivity contribution in [1.82, 2.24) is 0 Å². The molecule has 0 aliphatic carbocycles. The fourth-order valence-corrected chi connectivity index (χ4v) is 3.70. The minimum Gasteiger partial charge on any atom is -0.443 e. The number of halogens is 4. The molecule has 1 amide bonds. The van der Waals surface area contributed by atoms with E-state index < -0.39 is 35.2 Å². The van der Waals surface area contributed by atoms with Gasteiger partial charge in [-0.3, -0.25) is 4.90 Å². The smallest absolute Gasteiger partial charge is 0.415 e. The lowest BCUT2D eigenvalue weighted by molar-refractivity contribution is 0.0557. The SMILES string of the molecule is CC(C)(C)OC(=O)N1c2c(F)cc(Br)c(F)c2CCC1c1ccccc1F. The second-order valence-corrected chi connectivity index (χ2v) is 8.26.